The van der Waals surface area contributed by atoms with Gasteiger partial charge in [-0.1, -0.05) is 86.1 Å². The van der Waals surface area contributed by atoms with E-state index in [0.717, 1.165) is 41.3 Å². The summed E-state index contributed by atoms with van der Waals surface area (Å²) in [6, 6.07) is 20.2. The molecule has 0 radical (unpaired) electrons. The Morgan fingerprint density at radius 2 is 1.68 bits per heavy atom. The molecule has 1 unspecified atom stereocenters. The van der Waals surface area contributed by atoms with E-state index in [2.05, 4.69) is 61.2 Å². The Balaban J connectivity index is 1.11. The van der Waals surface area contributed by atoms with Gasteiger partial charge >= 0.3 is 6.18 Å². The molecular weight excluding hydrogens is 779 g/mol. The van der Waals surface area contributed by atoms with Gasteiger partial charge < -0.3 is 24.8 Å². The zero-order valence-electron chi connectivity index (χ0n) is 33.3. The second kappa shape index (κ2) is 14.1. The first-order valence-corrected chi connectivity index (χ1v) is 21.2. The van der Waals surface area contributed by atoms with Crippen LogP contribution in [0.25, 0.3) is 22.1 Å². The molecule has 1 heterocycles. The van der Waals surface area contributed by atoms with Crippen LogP contribution in [0.3, 0.4) is 0 Å². The minimum absolute atomic E-state index is 0.00668. The summed E-state index contributed by atoms with van der Waals surface area (Å²) in [5.41, 5.74) is -2.85. The number of aliphatic hydroxyl groups is 4. The SMILES string of the molecule is C[C@]12CC[C@H]3[C@]4(C=C[C@@]5(C=C4C(=O)c4ccc(-c6cc(C(F)(F)F)ccc6Cl)o4)CC(O)CC[C@]35C)[C@@H]1CC[C@@]2(O)CN(Cc1cccc2ccccc12)C[C@H](O)CO. The van der Waals surface area contributed by atoms with Gasteiger partial charge in [0.1, 0.15) is 5.76 Å². The van der Waals surface area contributed by atoms with Crippen LogP contribution >= 0.6 is 11.6 Å². The van der Waals surface area contributed by atoms with Crippen molar-refractivity contribution in [2.24, 2.45) is 33.5 Å². The zero-order valence-corrected chi connectivity index (χ0v) is 34.1. The lowest BCUT2D eigenvalue weighted by Gasteiger charge is -2.71. The number of benzene rings is 3. The van der Waals surface area contributed by atoms with Crippen molar-refractivity contribution in [2.45, 2.75) is 89.3 Å². The predicted molar refractivity (Wildman–Crippen MR) is 219 cm³/mol. The number of hydrogen-bond acceptors (Lipinski definition) is 7. The molecule has 3 saturated carbocycles. The van der Waals surface area contributed by atoms with Crippen molar-refractivity contribution >= 4 is 28.2 Å². The van der Waals surface area contributed by atoms with Gasteiger partial charge in [-0.25, -0.2) is 0 Å². The molecule has 0 saturated heterocycles. The summed E-state index contributed by atoms with van der Waals surface area (Å²) in [7, 11) is 0. The van der Waals surface area contributed by atoms with Crippen molar-refractivity contribution < 1.29 is 42.8 Å². The van der Waals surface area contributed by atoms with Gasteiger partial charge in [-0.05, 0) is 109 Å². The van der Waals surface area contributed by atoms with Crippen LogP contribution in [-0.4, -0.2) is 68.6 Å². The van der Waals surface area contributed by atoms with Gasteiger partial charge in [-0.2, -0.15) is 13.2 Å². The van der Waals surface area contributed by atoms with Gasteiger partial charge in [-0.15, -0.1) is 0 Å². The van der Waals surface area contributed by atoms with E-state index in [0.29, 0.717) is 44.2 Å². The number of allylic oxidation sites excluding steroid dienone is 4. The number of nitrogens with zero attached hydrogens (tertiary/aromatic N) is 1. The lowest BCUT2D eigenvalue weighted by Crippen LogP contribution is -2.67. The Morgan fingerprint density at radius 1 is 0.949 bits per heavy atom. The van der Waals surface area contributed by atoms with E-state index >= 15 is 4.79 Å². The molecule has 0 aliphatic heterocycles. The van der Waals surface area contributed by atoms with Crippen LogP contribution in [-0.2, 0) is 12.7 Å². The molecule has 7 nitrogen and oxygen atoms in total. The lowest BCUT2D eigenvalue weighted by molar-refractivity contribution is -0.177. The van der Waals surface area contributed by atoms with Crippen molar-refractivity contribution in [2.75, 3.05) is 19.7 Å². The number of carbonyl (C=O) groups excluding carboxylic acids is 1. The van der Waals surface area contributed by atoms with Crippen molar-refractivity contribution in [3.05, 3.63) is 119 Å². The highest BCUT2D eigenvalue weighted by atomic mass is 35.5. The molecule has 6 aliphatic rings. The maximum Gasteiger partial charge on any atom is 0.416 e. The Hall–Kier alpha value is -3.77. The summed E-state index contributed by atoms with van der Waals surface area (Å²) in [4.78, 5) is 17.2. The van der Waals surface area contributed by atoms with E-state index in [-0.39, 0.29) is 58.2 Å². The maximum atomic E-state index is 15.2. The van der Waals surface area contributed by atoms with E-state index in [1.165, 1.54) is 18.2 Å². The highest BCUT2D eigenvalue weighted by Crippen LogP contribution is 2.78. The van der Waals surface area contributed by atoms with Crippen LogP contribution in [0.1, 0.15) is 80.5 Å². The molecule has 312 valence electrons. The van der Waals surface area contributed by atoms with Gasteiger partial charge in [-0.3, -0.25) is 9.69 Å². The number of carbonyl (C=O) groups is 1. The second-order valence-corrected chi connectivity index (χ2v) is 19.0. The first-order valence-electron chi connectivity index (χ1n) is 20.8. The van der Waals surface area contributed by atoms with Crippen molar-refractivity contribution in [1.82, 2.24) is 4.90 Å². The Kier molecular flexibility index (Phi) is 9.74. The lowest BCUT2D eigenvalue weighted by atomic mass is 9.32. The molecule has 0 amide bonds. The standard InChI is InChI=1S/C48H51ClF3NO6/c1-43-17-14-32(55)23-45(43)20-21-47(36(24-45)42(57)39-13-12-38(59-39)35-22-31(48(50,51)52)10-11-37(35)49)40(43)15-18-44(2)41(47)16-19-46(44,58)28-53(26-33(56)27-54)25-30-8-5-7-29-6-3-4-9-34(29)30/h3-13,20-22,24,32-33,40-41,54-56,58H,14-19,23,25-28H2,1-2H3/t32?,33-,40+,41+,43+,44-,45-,46+,47+/m0/s1. The van der Waals surface area contributed by atoms with Gasteiger partial charge in [0.25, 0.3) is 0 Å². The topological polar surface area (TPSA) is 114 Å². The summed E-state index contributed by atoms with van der Waals surface area (Å²) in [5.74, 6) is -0.498. The fourth-order valence-electron chi connectivity index (χ4n) is 12.8. The predicted octanol–water partition coefficient (Wildman–Crippen LogP) is 9.40. The number of aliphatic hydroxyl groups excluding tert-OH is 3. The molecule has 3 fully saturated rings. The first-order chi connectivity index (χ1) is 28.0. The van der Waals surface area contributed by atoms with E-state index in [4.69, 9.17) is 16.0 Å². The fourth-order valence-corrected chi connectivity index (χ4v) is 13.0. The van der Waals surface area contributed by atoms with Gasteiger partial charge in [0, 0.05) is 47.0 Å². The highest BCUT2D eigenvalue weighted by molar-refractivity contribution is 6.33. The maximum absolute atomic E-state index is 15.2. The van der Waals surface area contributed by atoms with Gasteiger partial charge in [0.2, 0.25) is 5.78 Å². The Bertz CT molecular complexity index is 2370. The Morgan fingerprint density at radius 3 is 2.46 bits per heavy atom. The number of Topliss-reactive ketones (excluding diaryl/α,β-unsaturated/α-hetero) is 1. The van der Waals surface area contributed by atoms with E-state index in [9.17, 15) is 33.6 Å². The third kappa shape index (κ3) is 6.14. The minimum atomic E-state index is -4.60. The highest BCUT2D eigenvalue weighted by Gasteiger charge is 2.74. The number of ketones is 1. The zero-order chi connectivity index (χ0) is 41.8. The minimum Gasteiger partial charge on any atom is -0.453 e. The van der Waals surface area contributed by atoms with Crippen LogP contribution in [0.4, 0.5) is 13.2 Å². The van der Waals surface area contributed by atoms with Crippen molar-refractivity contribution in [3.63, 3.8) is 0 Å². The van der Waals surface area contributed by atoms with Crippen LogP contribution in [0, 0.1) is 33.5 Å². The molecule has 2 spiro atoms. The van der Waals surface area contributed by atoms with Crippen LogP contribution in [0.15, 0.2) is 101 Å². The van der Waals surface area contributed by atoms with Gasteiger partial charge in [0.15, 0.2) is 5.76 Å². The largest absolute Gasteiger partial charge is 0.453 e. The fraction of sp³-hybridized carbons (Fsp3) is 0.479. The van der Waals surface area contributed by atoms with Crippen molar-refractivity contribution in [1.29, 1.82) is 0 Å². The summed E-state index contributed by atoms with van der Waals surface area (Å²) in [6.45, 7) is 4.86. The smallest absolute Gasteiger partial charge is 0.416 e. The number of fused-ring (bicyclic) bond motifs is 2. The summed E-state index contributed by atoms with van der Waals surface area (Å²) in [6.07, 6.45) is 4.72. The third-order valence-corrected chi connectivity index (χ3v) is 16.1. The van der Waals surface area contributed by atoms with E-state index in [1.807, 2.05) is 18.2 Å². The number of alkyl halides is 3. The Labute approximate surface area is 347 Å². The molecule has 4 N–H and O–H groups in total. The summed E-state index contributed by atoms with van der Waals surface area (Å²) >= 11 is 6.40. The molecule has 3 aromatic carbocycles. The summed E-state index contributed by atoms with van der Waals surface area (Å²) in [5, 5.41) is 47.2. The molecule has 11 heteroatoms. The molecule has 1 aromatic heterocycles. The van der Waals surface area contributed by atoms with Crippen LogP contribution in [0.5, 0.6) is 0 Å². The number of hydrogen-bond donors (Lipinski definition) is 4. The molecule has 10 rings (SSSR count). The molecule has 6 aliphatic carbocycles. The monoisotopic (exact) mass is 829 g/mol. The number of furan rings is 1. The molecule has 4 aromatic rings. The normalized spacial score (nSPS) is 34.1. The van der Waals surface area contributed by atoms with Crippen molar-refractivity contribution in [3.8, 4) is 11.3 Å². The van der Waals surface area contributed by atoms with E-state index < -0.39 is 52.4 Å². The third-order valence-electron chi connectivity index (χ3n) is 15.8. The molecule has 9 atom stereocenters. The average Bonchev–Trinajstić information content (AvgIpc) is 3.80. The quantitative estimate of drug-likeness (QED) is 0.0931. The number of rotatable bonds is 10. The van der Waals surface area contributed by atoms with Crippen LogP contribution < -0.4 is 0 Å². The average molecular weight is 830 g/mol. The second-order valence-electron chi connectivity index (χ2n) is 18.6. The molecule has 59 heavy (non-hydrogen) atoms. The summed E-state index contributed by atoms with van der Waals surface area (Å²) < 4.78 is 47.3. The van der Waals surface area contributed by atoms with Gasteiger partial charge in [0.05, 0.1) is 35.0 Å². The van der Waals surface area contributed by atoms with E-state index in [1.54, 1.807) is 0 Å². The first kappa shape index (κ1) is 40.6. The number of halogens is 4. The molecule has 2 bridgehead atoms. The van der Waals surface area contributed by atoms with Crippen LogP contribution in [0.2, 0.25) is 5.02 Å². The molecular formula is C48H51ClF3NO6.